The Morgan fingerprint density at radius 2 is 2.37 bits per heavy atom. The van der Waals surface area contributed by atoms with Crippen LogP contribution < -0.4 is 11.1 Å². The van der Waals surface area contributed by atoms with E-state index in [1.165, 1.54) is 12.5 Å². The Balaban J connectivity index is 2.07. The zero-order chi connectivity index (χ0) is 13.8. The molecule has 0 atom stereocenters. The van der Waals surface area contributed by atoms with Gasteiger partial charge in [-0.3, -0.25) is 9.48 Å². The summed E-state index contributed by atoms with van der Waals surface area (Å²) in [7, 11) is 0. The van der Waals surface area contributed by atoms with Crippen molar-refractivity contribution in [3.8, 4) is 0 Å². The van der Waals surface area contributed by atoms with Gasteiger partial charge in [-0.25, -0.2) is 8.78 Å². The number of carbonyl (C=O) groups is 1. The van der Waals surface area contributed by atoms with Crippen LogP contribution in [0, 0.1) is 0 Å². The van der Waals surface area contributed by atoms with Gasteiger partial charge in [0.1, 0.15) is 18.0 Å². The van der Waals surface area contributed by atoms with Crippen LogP contribution in [-0.2, 0) is 13.1 Å². The molecular formula is C11H12F2N4O2. The van der Waals surface area contributed by atoms with Crippen LogP contribution in [0.4, 0.5) is 14.5 Å². The number of hydrogen-bond acceptors (Lipinski definition) is 4. The molecule has 0 saturated carbocycles. The molecule has 0 saturated heterocycles. The zero-order valence-corrected chi connectivity index (χ0v) is 9.85. The number of nitrogens with one attached hydrogen (secondary N) is 1. The lowest BCUT2D eigenvalue weighted by molar-refractivity contribution is 0.0919. The van der Waals surface area contributed by atoms with Gasteiger partial charge in [-0.2, -0.15) is 5.10 Å². The van der Waals surface area contributed by atoms with Crippen molar-refractivity contribution in [2.45, 2.75) is 19.5 Å². The highest BCUT2D eigenvalue weighted by molar-refractivity contribution is 5.97. The van der Waals surface area contributed by atoms with Crippen molar-refractivity contribution in [3.63, 3.8) is 0 Å². The van der Waals surface area contributed by atoms with Crippen LogP contribution in [0.25, 0.3) is 0 Å². The summed E-state index contributed by atoms with van der Waals surface area (Å²) >= 11 is 0. The second kappa shape index (κ2) is 5.51. The molecule has 6 nitrogen and oxygen atoms in total. The lowest BCUT2D eigenvalue weighted by Crippen LogP contribution is -2.27. The van der Waals surface area contributed by atoms with Gasteiger partial charge in [0.15, 0.2) is 0 Å². The Morgan fingerprint density at radius 1 is 1.58 bits per heavy atom. The first kappa shape index (κ1) is 13.1. The number of halogens is 2. The van der Waals surface area contributed by atoms with Gasteiger partial charge in [0, 0.05) is 0 Å². The highest BCUT2D eigenvalue weighted by Gasteiger charge is 2.19. The van der Waals surface area contributed by atoms with E-state index in [9.17, 15) is 13.6 Å². The number of hydrogen-bond donors (Lipinski definition) is 2. The van der Waals surface area contributed by atoms with Crippen molar-refractivity contribution < 1.29 is 18.0 Å². The summed E-state index contributed by atoms with van der Waals surface area (Å²) < 4.78 is 30.6. The molecule has 3 N–H and O–H groups in total. The fraction of sp³-hybridized carbons (Fsp3) is 0.273. The smallest absolute Gasteiger partial charge is 0.272 e. The maximum atomic E-state index is 12.3. The van der Waals surface area contributed by atoms with Crippen molar-refractivity contribution in [1.82, 2.24) is 15.1 Å². The predicted molar refractivity (Wildman–Crippen MR) is 62.5 cm³/mol. The minimum absolute atomic E-state index is 0.0533. The van der Waals surface area contributed by atoms with Gasteiger partial charge in [0.2, 0.25) is 0 Å². The average Bonchev–Trinajstić information content (AvgIpc) is 2.96. The highest BCUT2D eigenvalue weighted by Crippen LogP contribution is 2.12. The van der Waals surface area contributed by atoms with Crippen molar-refractivity contribution in [2.75, 3.05) is 5.73 Å². The van der Waals surface area contributed by atoms with Gasteiger partial charge in [-0.05, 0) is 12.1 Å². The number of nitrogens with zero attached hydrogens (tertiary/aromatic N) is 2. The molecule has 2 heterocycles. The second-order valence-corrected chi connectivity index (χ2v) is 3.78. The van der Waals surface area contributed by atoms with Crippen LogP contribution in [0.3, 0.4) is 0 Å². The number of amides is 1. The molecule has 2 aromatic heterocycles. The van der Waals surface area contributed by atoms with Crippen LogP contribution in [0.5, 0.6) is 0 Å². The number of nitrogen functional groups attached to an aromatic ring is 1. The Kier molecular flexibility index (Phi) is 3.79. The van der Waals surface area contributed by atoms with E-state index < -0.39 is 18.9 Å². The Morgan fingerprint density at radius 3 is 3.00 bits per heavy atom. The molecule has 2 aromatic rings. The molecule has 0 radical (unpaired) electrons. The topological polar surface area (TPSA) is 86.1 Å². The summed E-state index contributed by atoms with van der Waals surface area (Å²) in [5.74, 6) is -0.0288. The van der Waals surface area contributed by atoms with E-state index in [0.717, 1.165) is 4.68 Å². The lowest BCUT2D eigenvalue weighted by atomic mass is 10.3. The average molecular weight is 270 g/mol. The molecule has 102 valence electrons. The zero-order valence-electron chi connectivity index (χ0n) is 9.85. The van der Waals surface area contributed by atoms with Gasteiger partial charge < -0.3 is 15.5 Å². The summed E-state index contributed by atoms with van der Waals surface area (Å²) in [6.45, 7) is -0.536. The third kappa shape index (κ3) is 3.09. The fourth-order valence-corrected chi connectivity index (χ4v) is 1.58. The molecule has 0 spiro atoms. The van der Waals surface area contributed by atoms with E-state index in [0.29, 0.717) is 5.76 Å². The standard InChI is InChI=1S/C11H12F2N4O2/c12-9(13)6-17-10(8(14)5-16-17)11(18)15-4-7-2-1-3-19-7/h1-3,5,9H,4,6,14H2,(H,15,18). The molecule has 2 rings (SSSR count). The number of aromatic nitrogens is 2. The first-order valence-electron chi connectivity index (χ1n) is 5.48. The number of anilines is 1. The van der Waals surface area contributed by atoms with Crippen LogP contribution in [0.2, 0.25) is 0 Å². The quantitative estimate of drug-likeness (QED) is 0.856. The number of alkyl halides is 2. The number of carbonyl (C=O) groups excluding carboxylic acids is 1. The van der Waals surface area contributed by atoms with E-state index in [1.807, 2.05) is 0 Å². The number of furan rings is 1. The van der Waals surface area contributed by atoms with E-state index in [1.54, 1.807) is 12.1 Å². The van der Waals surface area contributed by atoms with Gasteiger partial charge in [0.05, 0.1) is 24.7 Å². The minimum Gasteiger partial charge on any atom is -0.467 e. The predicted octanol–water partition coefficient (Wildman–Crippen LogP) is 1.25. The van der Waals surface area contributed by atoms with Gasteiger partial charge >= 0.3 is 0 Å². The van der Waals surface area contributed by atoms with Gasteiger partial charge in [0.25, 0.3) is 12.3 Å². The molecule has 8 heteroatoms. The summed E-state index contributed by atoms with van der Waals surface area (Å²) in [6.07, 6.45) is 0.0251. The van der Waals surface area contributed by atoms with E-state index in [2.05, 4.69) is 10.4 Å². The molecule has 0 aromatic carbocycles. The molecule has 1 amide bonds. The minimum atomic E-state index is -2.61. The highest BCUT2D eigenvalue weighted by atomic mass is 19.3. The van der Waals surface area contributed by atoms with Crippen LogP contribution >= 0.6 is 0 Å². The maximum Gasteiger partial charge on any atom is 0.272 e. The van der Waals surface area contributed by atoms with Crippen molar-refractivity contribution in [2.24, 2.45) is 0 Å². The van der Waals surface area contributed by atoms with E-state index >= 15 is 0 Å². The Hall–Kier alpha value is -2.38. The largest absolute Gasteiger partial charge is 0.467 e. The number of rotatable bonds is 5. The maximum absolute atomic E-state index is 12.3. The fourth-order valence-electron chi connectivity index (χ4n) is 1.58. The summed E-state index contributed by atoms with van der Waals surface area (Å²) in [6, 6.07) is 3.36. The van der Waals surface area contributed by atoms with Gasteiger partial charge in [-0.1, -0.05) is 0 Å². The molecule has 19 heavy (non-hydrogen) atoms. The van der Waals surface area contributed by atoms with E-state index in [-0.39, 0.29) is 17.9 Å². The molecule has 0 aliphatic carbocycles. The molecule has 0 unspecified atom stereocenters. The Labute approximate surface area is 107 Å². The summed E-state index contributed by atoms with van der Waals surface area (Å²) in [5.41, 5.74) is 5.53. The molecule has 0 aliphatic heterocycles. The normalized spacial score (nSPS) is 10.9. The first-order valence-corrected chi connectivity index (χ1v) is 5.48. The lowest BCUT2D eigenvalue weighted by Gasteiger charge is -2.08. The third-order valence-electron chi connectivity index (χ3n) is 2.40. The summed E-state index contributed by atoms with van der Waals surface area (Å²) in [4.78, 5) is 11.9. The SMILES string of the molecule is Nc1cnn(CC(F)F)c1C(=O)NCc1ccco1. The molecule has 0 bridgehead atoms. The second-order valence-electron chi connectivity index (χ2n) is 3.78. The molecule has 0 fully saturated rings. The molecular weight excluding hydrogens is 258 g/mol. The number of nitrogens with two attached hydrogens (primary N) is 1. The van der Waals surface area contributed by atoms with Crippen LogP contribution in [0.15, 0.2) is 29.0 Å². The monoisotopic (exact) mass is 270 g/mol. The van der Waals surface area contributed by atoms with E-state index in [4.69, 9.17) is 10.2 Å². The summed E-state index contributed by atoms with van der Waals surface area (Å²) in [5, 5.41) is 6.17. The molecule has 0 aliphatic rings. The van der Waals surface area contributed by atoms with Crippen LogP contribution in [-0.4, -0.2) is 22.1 Å². The Bertz CT molecular complexity index is 551. The van der Waals surface area contributed by atoms with Crippen LogP contribution in [0.1, 0.15) is 16.2 Å². The van der Waals surface area contributed by atoms with Gasteiger partial charge in [-0.15, -0.1) is 0 Å². The van der Waals surface area contributed by atoms with Crippen molar-refractivity contribution in [3.05, 3.63) is 36.0 Å². The third-order valence-corrected chi connectivity index (χ3v) is 2.40. The van der Waals surface area contributed by atoms with Crippen molar-refractivity contribution in [1.29, 1.82) is 0 Å². The van der Waals surface area contributed by atoms with Crippen molar-refractivity contribution >= 4 is 11.6 Å². The first-order chi connectivity index (χ1) is 9.08.